The molecule has 1 N–H and O–H groups in total. The third-order valence-electron chi connectivity index (χ3n) is 3.27. The Morgan fingerprint density at radius 1 is 1.25 bits per heavy atom. The summed E-state index contributed by atoms with van der Waals surface area (Å²) in [5, 5.41) is 6.22. The minimum absolute atomic E-state index is 0.0645. The SMILES string of the molecule is CO/N=C(\CNS(=O)(=O)c1ncn(S(=O)(=O)N(C)C)n1)c1ccc(F)c(F)c1. The van der Waals surface area contributed by atoms with E-state index in [1.165, 1.54) is 27.3 Å². The van der Waals surface area contributed by atoms with Crippen LogP contribution in [0.15, 0.2) is 34.8 Å². The van der Waals surface area contributed by atoms with Crippen molar-refractivity contribution >= 4 is 25.9 Å². The minimum atomic E-state index is -4.35. The summed E-state index contributed by atoms with van der Waals surface area (Å²) in [5.74, 6) is -2.24. The lowest BCUT2D eigenvalue weighted by Crippen LogP contribution is -2.32. The van der Waals surface area contributed by atoms with Crippen molar-refractivity contribution < 1.29 is 30.5 Å². The first kappa shape index (κ1) is 21.8. The highest BCUT2D eigenvalue weighted by Gasteiger charge is 2.25. The van der Waals surface area contributed by atoms with E-state index < -0.39 is 43.6 Å². The molecule has 0 amide bonds. The predicted molar refractivity (Wildman–Crippen MR) is 93.1 cm³/mol. The van der Waals surface area contributed by atoms with Crippen LogP contribution in [0.4, 0.5) is 8.78 Å². The Kier molecular flexibility index (Phi) is 6.43. The maximum absolute atomic E-state index is 13.4. The van der Waals surface area contributed by atoms with Crippen LogP contribution in [0.3, 0.4) is 0 Å². The Hall–Kier alpha value is -2.49. The van der Waals surface area contributed by atoms with Gasteiger partial charge in [0.1, 0.15) is 19.1 Å². The summed E-state index contributed by atoms with van der Waals surface area (Å²) in [4.78, 5) is 8.07. The van der Waals surface area contributed by atoms with Crippen LogP contribution in [0.25, 0.3) is 0 Å². The number of sulfonamides is 1. The molecule has 0 saturated carbocycles. The first-order valence-corrected chi connectivity index (χ1v) is 10.3. The van der Waals surface area contributed by atoms with Gasteiger partial charge in [-0.3, -0.25) is 0 Å². The highest BCUT2D eigenvalue weighted by Crippen LogP contribution is 2.11. The molecule has 1 heterocycles. The summed E-state index contributed by atoms with van der Waals surface area (Å²) in [5.41, 5.74) is 0.00226. The normalized spacial score (nSPS) is 13.1. The van der Waals surface area contributed by atoms with Crippen LogP contribution in [0.1, 0.15) is 5.56 Å². The molecule has 0 aliphatic rings. The summed E-state index contributed by atoms with van der Waals surface area (Å²) < 4.78 is 78.3. The van der Waals surface area contributed by atoms with E-state index in [0.717, 1.165) is 22.8 Å². The molecule has 0 atom stereocenters. The van der Waals surface area contributed by atoms with Gasteiger partial charge in [0, 0.05) is 19.7 Å². The molecule has 0 aliphatic heterocycles. The van der Waals surface area contributed by atoms with E-state index in [1.54, 1.807) is 0 Å². The number of oxime groups is 1. The Labute approximate surface area is 159 Å². The van der Waals surface area contributed by atoms with Gasteiger partial charge in [0.15, 0.2) is 11.6 Å². The topological polar surface area (TPSA) is 136 Å². The second-order valence-corrected chi connectivity index (χ2v) is 9.02. The fourth-order valence-corrected chi connectivity index (χ4v) is 3.41. The zero-order valence-corrected chi connectivity index (χ0v) is 16.5. The predicted octanol–water partition coefficient (Wildman–Crippen LogP) is -0.460. The lowest BCUT2D eigenvalue weighted by Gasteiger charge is -2.09. The third kappa shape index (κ3) is 4.67. The number of aromatic nitrogens is 3. The largest absolute Gasteiger partial charge is 0.399 e. The number of hydrogen-bond donors (Lipinski definition) is 1. The van der Waals surface area contributed by atoms with E-state index in [0.29, 0.717) is 4.09 Å². The van der Waals surface area contributed by atoms with Gasteiger partial charge in [-0.15, -0.1) is 9.19 Å². The van der Waals surface area contributed by atoms with Gasteiger partial charge in [0.25, 0.3) is 15.2 Å². The van der Waals surface area contributed by atoms with Crippen molar-refractivity contribution in [2.75, 3.05) is 27.7 Å². The third-order valence-corrected chi connectivity index (χ3v) is 6.04. The zero-order chi connectivity index (χ0) is 21.1. The molecule has 2 aromatic rings. The van der Waals surface area contributed by atoms with Crippen molar-refractivity contribution in [3.05, 3.63) is 41.7 Å². The van der Waals surface area contributed by atoms with E-state index >= 15 is 0 Å². The molecule has 1 aromatic heterocycles. The Morgan fingerprint density at radius 2 is 1.93 bits per heavy atom. The van der Waals surface area contributed by atoms with Crippen molar-refractivity contribution in [1.29, 1.82) is 0 Å². The average Bonchev–Trinajstić information content (AvgIpc) is 3.13. The molecule has 0 saturated heterocycles. The molecular weight excluding hydrogens is 422 g/mol. The zero-order valence-electron chi connectivity index (χ0n) is 14.9. The Bertz CT molecular complexity index is 1100. The second-order valence-electron chi connectivity index (χ2n) is 5.36. The number of nitrogens with one attached hydrogen (secondary N) is 1. The molecule has 28 heavy (non-hydrogen) atoms. The summed E-state index contributed by atoms with van der Waals surface area (Å²) in [6, 6.07) is 2.85. The van der Waals surface area contributed by atoms with E-state index in [4.69, 9.17) is 0 Å². The minimum Gasteiger partial charge on any atom is -0.399 e. The van der Waals surface area contributed by atoms with Crippen molar-refractivity contribution in [3.8, 4) is 0 Å². The fraction of sp³-hybridized carbons (Fsp3) is 0.308. The molecule has 2 rings (SSSR count). The van der Waals surface area contributed by atoms with E-state index in [1.807, 2.05) is 0 Å². The maximum atomic E-state index is 13.4. The van der Waals surface area contributed by atoms with Crippen molar-refractivity contribution in [2.45, 2.75) is 5.16 Å². The van der Waals surface area contributed by atoms with E-state index in [9.17, 15) is 25.6 Å². The Balaban J connectivity index is 2.25. The molecule has 0 spiro atoms. The summed E-state index contributed by atoms with van der Waals surface area (Å²) in [6.07, 6.45) is 0.726. The monoisotopic (exact) mass is 438 g/mol. The highest BCUT2D eigenvalue weighted by molar-refractivity contribution is 7.89. The first-order valence-electron chi connectivity index (χ1n) is 7.39. The fourth-order valence-electron chi connectivity index (χ4n) is 1.84. The number of hydrogen-bond acceptors (Lipinski definition) is 8. The standard InChI is InChI=1S/C13H16F2N6O5S2/c1-20(2)28(24,25)21-8-16-13(18-21)27(22,23)17-7-12(19-26-3)9-4-5-10(14)11(15)6-9/h4-6,8,17H,7H2,1-3H3/b19-12+. The van der Waals surface area contributed by atoms with Crippen LogP contribution < -0.4 is 4.72 Å². The quantitative estimate of drug-likeness (QED) is 0.435. The second kappa shape index (κ2) is 8.26. The number of rotatable bonds is 8. The lowest BCUT2D eigenvalue weighted by molar-refractivity contribution is 0.213. The van der Waals surface area contributed by atoms with Crippen LogP contribution in [0.2, 0.25) is 0 Å². The first-order chi connectivity index (χ1) is 13.0. The maximum Gasteiger partial charge on any atom is 0.323 e. The summed E-state index contributed by atoms with van der Waals surface area (Å²) in [7, 11) is -4.74. The Morgan fingerprint density at radius 3 is 2.50 bits per heavy atom. The van der Waals surface area contributed by atoms with Crippen LogP contribution in [0, 0.1) is 11.6 Å². The number of nitrogens with zero attached hydrogens (tertiary/aromatic N) is 5. The summed E-state index contributed by atoms with van der Waals surface area (Å²) in [6.45, 7) is -0.490. The smallest absolute Gasteiger partial charge is 0.323 e. The van der Waals surface area contributed by atoms with Crippen LogP contribution in [0.5, 0.6) is 0 Å². The van der Waals surface area contributed by atoms with Crippen molar-refractivity contribution in [1.82, 2.24) is 23.2 Å². The molecule has 0 fully saturated rings. The van der Waals surface area contributed by atoms with Crippen LogP contribution in [-0.4, -0.2) is 68.8 Å². The molecule has 15 heteroatoms. The average molecular weight is 438 g/mol. The highest BCUT2D eigenvalue weighted by atomic mass is 32.2. The molecule has 154 valence electrons. The van der Waals surface area contributed by atoms with Gasteiger partial charge in [-0.05, 0) is 18.2 Å². The van der Waals surface area contributed by atoms with Crippen LogP contribution in [-0.2, 0) is 25.1 Å². The van der Waals surface area contributed by atoms with Gasteiger partial charge < -0.3 is 4.84 Å². The summed E-state index contributed by atoms with van der Waals surface area (Å²) >= 11 is 0. The van der Waals surface area contributed by atoms with Gasteiger partial charge in [-0.1, -0.05) is 5.16 Å². The lowest BCUT2D eigenvalue weighted by atomic mass is 10.1. The van der Waals surface area contributed by atoms with E-state index in [-0.39, 0.29) is 11.3 Å². The van der Waals surface area contributed by atoms with Crippen LogP contribution >= 0.6 is 0 Å². The van der Waals surface area contributed by atoms with Gasteiger partial charge in [-0.2, -0.15) is 12.7 Å². The molecule has 0 bridgehead atoms. The molecule has 0 unspecified atom stereocenters. The van der Waals surface area contributed by atoms with E-state index in [2.05, 4.69) is 24.8 Å². The van der Waals surface area contributed by atoms with Gasteiger partial charge in [0.05, 0.1) is 6.54 Å². The molecule has 0 radical (unpaired) electrons. The molecule has 1 aromatic carbocycles. The van der Waals surface area contributed by atoms with Gasteiger partial charge >= 0.3 is 10.2 Å². The van der Waals surface area contributed by atoms with Gasteiger partial charge in [-0.25, -0.2) is 26.9 Å². The number of halogens is 2. The molecule has 11 nitrogen and oxygen atoms in total. The van der Waals surface area contributed by atoms with Gasteiger partial charge in [0.2, 0.25) is 0 Å². The van der Waals surface area contributed by atoms with Crippen molar-refractivity contribution in [2.24, 2.45) is 5.16 Å². The molecular formula is C13H16F2N6O5S2. The number of benzene rings is 1. The molecule has 0 aliphatic carbocycles. The van der Waals surface area contributed by atoms with Crippen molar-refractivity contribution in [3.63, 3.8) is 0 Å².